The molecule has 0 fully saturated rings. The molecule has 1 heterocycles. The second kappa shape index (κ2) is 7.02. The average Bonchev–Trinajstić information content (AvgIpc) is 2.93. The van der Waals surface area contributed by atoms with E-state index in [0.29, 0.717) is 0 Å². The first-order valence-corrected chi connectivity index (χ1v) is 6.95. The van der Waals surface area contributed by atoms with E-state index in [9.17, 15) is 23.1 Å². The van der Waals surface area contributed by atoms with Crippen LogP contribution in [0.2, 0.25) is 0 Å². The van der Waals surface area contributed by atoms with Crippen LogP contribution in [0.1, 0.15) is 17.8 Å². The number of carbonyl (C=O) groups excluding carboxylic acids is 1. The minimum atomic E-state index is -5.08. The maximum atomic E-state index is 13.3. The van der Waals surface area contributed by atoms with Gasteiger partial charge in [-0.05, 0) is 5.56 Å². The summed E-state index contributed by atoms with van der Waals surface area (Å²) in [5.74, 6) is -1.79. The monoisotopic (exact) mass is 343 g/mol. The number of benzene rings is 1. The lowest BCUT2D eigenvalue weighted by Gasteiger charge is -2.29. The number of imidazole rings is 1. The number of aryl methyl sites for hydroxylation is 1. The normalized spacial score (nSPS) is 14.2. The van der Waals surface area contributed by atoms with Crippen LogP contribution in [-0.4, -0.2) is 26.7 Å². The van der Waals surface area contributed by atoms with Gasteiger partial charge in [0.25, 0.3) is 0 Å². The molecule has 2 N–H and O–H groups in total. The topological polar surface area (TPSA) is 76.4 Å². The van der Waals surface area contributed by atoms with Crippen molar-refractivity contribution in [2.24, 2.45) is 7.05 Å². The van der Waals surface area contributed by atoms with Gasteiger partial charge in [-0.1, -0.05) is 30.3 Å². The molecular formula is C15H16F3N3O3. The van der Waals surface area contributed by atoms with Crippen molar-refractivity contribution < 1.29 is 27.9 Å². The Balaban J connectivity index is 2.02. The summed E-state index contributed by atoms with van der Waals surface area (Å²) < 4.78 is 40.8. The molecule has 1 amide bonds. The second-order valence-electron chi connectivity index (χ2n) is 5.20. The van der Waals surface area contributed by atoms with Gasteiger partial charge in [-0.25, -0.2) is 10.5 Å². The number of nitrogens with zero attached hydrogens (tertiary/aromatic N) is 2. The van der Waals surface area contributed by atoms with E-state index in [1.165, 1.54) is 13.2 Å². The zero-order valence-corrected chi connectivity index (χ0v) is 12.7. The highest BCUT2D eigenvalue weighted by molar-refractivity contribution is 5.76. The van der Waals surface area contributed by atoms with Crippen molar-refractivity contribution in [2.75, 3.05) is 0 Å². The molecule has 0 spiro atoms. The smallest absolute Gasteiger partial charge is 0.374 e. The first kappa shape index (κ1) is 18.0. The predicted molar refractivity (Wildman–Crippen MR) is 77.2 cm³/mol. The number of halogens is 3. The summed E-state index contributed by atoms with van der Waals surface area (Å²) in [7, 11) is 1.29. The molecular weight excluding hydrogens is 327 g/mol. The van der Waals surface area contributed by atoms with Crippen LogP contribution in [0.5, 0.6) is 0 Å². The van der Waals surface area contributed by atoms with Gasteiger partial charge in [0.05, 0.1) is 13.0 Å². The van der Waals surface area contributed by atoms with Gasteiger partial charge in [-0.2, -0.15) is 13.2 Å². The minimum absolute atomic E-state index is 0.0145. The van der Waals surface area contributed by atoms with Gasteiger partial charge in [0.1, 0.15) is 0 Å². The summed E-state index contributed by atoms with van der Waals surface area (Å²) in [6, 6.07) is 8.75. The Morgan fingerprint density at radius 1 is 1.33 bits per heavy atom. The Kier molecular flexibility index (Phi) is 5.25. The third-order valence-corrected chi connectivity index (χ3v) is 3.34. The van der Waals surface area contributed by atoms with E-state index in [4.69, 9.17) is 4.84 Å². The molecule has 1 aromatic heterocycles. The molecule has 24 heavy (non-hydrogen) atoms. The number of rotatable bonds is 6. The van der Waals surface area contributed by atoms with E-state index >= 15 is 0 Å². The van der Waals surface area contributed by atoms with Gasteiger partial charge in [0, 0.05) is 19.4 Å². The van der Waals surface area contributed by atoms with Crippen LogP contribution >= 0.6 is 0 Å². The number of alkyl halides is 3. The molecule has 0 saturated carbocycles. The first-order valence-electron chi connectivity index (χ1n) is 6.95. The third-order valence-electron chi connectivity index (χ3n) is 3.34. The number of aromatic nitrogens is 2. The Morgan fingerprint density at radius 2 is 2.00 bits per heavy atom. The average molecular weight is 343 g/mol. The van der Waals surface area contributed by atoms with E-state index in [-0.39, 0.29) is 6.61 Å². The summed E-state index contributed by atoms with van der Waals surface area (Å²) in [6.07, 6.45) is -4.00. The molecule has 9 heteroatoms. The van der Waals surface area contributed by atoms with Gasteiger partial charge in [0.15, 0.2) is 5.82 Å². The molecule has 2 rings (SSSR count). The molecule has 0 aliphatic heterocycles. The van der Waals surface area contributed by atoms with Crippen LogP contribution in [0, 0.1) is 0 Å². The van der Waals surface area contributed by atoms with E-state index in [1.807, 2.05) is 5.48 Å². The van der Waals surface area contributed by atoms with Crippen molar-refractivity contribution in [2.45, 2.75) is 24.8 Å². The Bertz CT molecular complexity index is 688. The summed E-state index contributed by atoms with van der Waals surface area (Å²) in [5.41, 5.74) is -0.777. The largest absolute Gasteiger partial charge is 0.425 e. The van der Waals surface area contributed by atoms with E-state index in [2.05, 4.69) is 4.98 Å². The first-order chi connectivity index (χ1) is 11.2. The van der Waals surface area contributed by atoms with Gasteiger partial charge in [-0.3, -0.25) is 9.63 Å². The fourth-order valence-electron chi connectivity index (χ4n) is 2.11. The number of hydroxylamine groups is 1. The maximum absolute atomic E-state index is 13.3. The zero-order chi connectivity index (χ0) is 17.8. The molecule has 0 aliphatic carbocycles. The standard InChI is InChI=1S/C15H16F3N3O3/c1-21-8-7-19-13(21)14(23,15(16,17)18)9-12(22)20-24-10-11-5-3-2-4-6-11/h2-8,23H,9-10H2,1H3,(H,20,22). The van der Waals surface area contributed by atoms with Crippen molar-refractivity contribution in [1.82, 2.24) is 15.0 Å². The second-order valence-corrected chi connectivity index (χ2v) is 5.20. The van der Waals surface area contributed by atoms with Crippen molar-refractivity contribution in [3.05, 3.63) is 54.1 Å². The van der Waals surface area contributed by atoms with Crippen LogP contribution in [0.25, 0.3) is 0 Å². The van der Waals surface area contributed by atoms with Gasteiger partial charge in [-0.15, -0.1) is 0 Å². The number of hydrogen-bond donors (Lipinski definition) is 2. The molecule has 0 aliphatic rings. The van der Waals surface area contributed by atoms with Crippen LogP contribution in [0.4, 0.5) is 13.2 Å². The van der Waals surface area contributed by atoms with Crippen molar-refractivity contribution >= 4 is 5.91 Å². The molecule has 6 nitrogen and oxygen atoms in total. The molecule has 1 atom stereocenters. The number of amides is 1. The minimum Gasteiger partial charge on any atom is -0.374 e. The predicted octanol–water partition coefficient (Wildman–Crippen LogP) is 1.81. The van der Waals surface area contributed by atoms with Crippen molar-refractivity contribution in [3.63, 3.8) is 0 Å². The maximum Gasteiger partial charge on any atom is 0.425 e. The highest BCUT2D eigenvalue weighted by Gasteiger charge is 2.58. The van der Waals surface area contributed by atoms with Crippen LogP contribution < -0.4 is 5.48 Å². The fourth-order valence-corrected chi connectivity index (χ4v) is 2.11. The number of hydrogen-bond acceptors (Lipinski definition) is 4. The van der Waals surface area contributed by atoms with E-state index in [0.717, 1.165) is 16.3 Å². The van der Waals surface area contributed by atoms with Gasteiger partial charge >= 0.3 is 6.18 Å². The number of nitrogens with one attached hydrogen (secondary N) is 1. The van der Waals surface area contributed by atoms with Crippen LogP contribution in [0.15, 0.2) is 42.7 Å². The lowest BCUT2D eigenvalue weighted by molar-refractivity contribution is -0.271. The molecule has 1 unspecified atom stereocenters. The van der Waals surface area contributed by atoms with E-state index < -0.39 is 29.9 Å². The number of carbonyl (C=O) groups is 1. The Labute approximate surface area is 135 Å². The highest BCUT2D eigenvalue weighted by atomic mass is 19.4. The SMILES string of the molecule is Cn1ccnc1C(O)(CC(=O)NOCc1ccccc1)C(F)(F)F. The summed E-state index contributed by atoms with van der Waals surface area (Å²) in [4.78, 5) is 20.2. The lowest BCUT2D eigenvalue weighted by Crippen LogP contribution is -2.47. The molecule has 130 valence electrons. The fraction of sp³-hybridized carbons (Fsp3) is 0.333. The summed E-state index contributed by atoms with van der Waals surface area (Å²) in [5, 5.41) is 10.1. The Morgan fingerprint density at radius 3 is 2.54 bits per heavy atom. The molecule has 0 bridgehead atoms. The Hall–Kier alpha value is -2.39. The zero-order valence-electron chi connectivity index (χ0n) is 12.7. The molecule has 0 radical (unpaired) electrons. The number of aliphatic hydroxyl groups is 1. The molecule has 0 saturated heterocycles. The summed E-state index contributed by atoms with van der Waals surface area (Å²) in [6.45, 7) is -0.0145. The van der Waals surface area contributed by atoms with Crippen molar-refractivity contribution in [3.8, 4) is 0 Å². The molecule has 2 aromatic rings. The van der Waals surface area contributed by atoms with Gasteiger partial charge < -0.3 is 9.67 Å². The van der Waals surface area contributed by atoms with Gasteiger partial charge in [0.2, 0.25) is 11.5 Å². The highest BCUT2D eigenvalue weighted by Crippen LogP contribution is 2.40. The lowest BCUT2D eigenvalue weighted by atomic mass is 9.97. The third kappa shape index (κ3) is 3.92. The van der Waals surface area contributed by atoms with E-state index in [1.54, 1.807) is 30.3 Å². The molecule has 1 aromatic carbocycles. The summed E-state index contributed by atoms with van der Waals surface area (Å²) >= 11 is 0. The van der Waals surface area contributed by atoms with Crippen LogP contribution in [-0.2, 0) is 28.9 Å². The van der Waals surface area contributed by atoms with Crippen molar-refractivity contribution in [1.29, 1.82) is 0 Å². The van der Waals surface area contributed by atoms with Crippen LogP contribution in [0.3, 0.4) is 0 Å². The quantitative estimate of drug-likeness (QED) is 0.785.